The Morgan fingerprint density at radius 3 is 2.35 bits per heavy atom. The summed E-state index contributed by atoms with van der Waals surface area (Å²) in [4.78, 5) is 17.9. The van der Waals surface area contributed by atoms with Gasteiger partial charge in [0.05, 0.1) is 4.90 Å². The summed E-state index contributed by atoms with van der Waals surface area (Å²) in [6.07, 6.45) is 1.57. The van der Waals surface area contributed by atoms with Crippen LogP contribution in [0.15, 0.2) is 57.9 Å². The molecule has 8 nitrogen and oxygen atoms in total. The summed E-state index contributed by atoms with van der Waals surface area (Å²) in [5, 5.41) is 4.52. The van der Waals surface area contributed by atoms with Crippen LogP contribution in [-0.2, 0) is 14.8 Å². The molecule has 3 aromatic rings. The van der Waals surface area contributed by atoms with E-state index in [1.807, 2.05) is 4.90 Å². The molecule has 31 heavy (non-hydrogen) atoms. The second-order valence-corrected chi connectivity index (χ2v) is 9.49. The van der Waals surface area contributed by atoms with E-state index < -0.39 is 10.0 Å². The van der Waals surface area contributed by atoms with Gasteiger partial charge in [-0.3, -0.25) is 9.52 Å². The van der Waals surface area contributed by atoms with Crippen molar-refractivity contribution in [1.29, 1.82) is 0 Å². The maximum atomic E-state index is 12.5. The number of piperidine rings is 1. The van der Waals surface area contributed by atoms with Crippen LogP contribution in [0.5, 0.6) is 0 Å². The number of nitrogens with zero attached hydrogens (tertiary/aromatic N) is 3. The Morgan fingerprint density at radius 1 is 1.10 bits per heavy atom. The fourth-order valence-electron chi connectivity index (χ4n) is 3.47. The van der Waals surface area contributed by atoms with E-state index in [0.717, 1.165) is 12.8 Å². The Kier molecular flexibility index (Phi) is 5.97. The lowest BCUT2D eigenvalue weighted by molar-refractivity contribution is -0.129. The van der Waals surface area contributed by atoms with Crippen LogP contribution >= 0.6 is 11.6 Å². The van der Waals surface area contributed by atoms with Crippen LogP contribution in [-0.4, -0.2) is 42.5 Å². The lowest BCUT2D eigenvalue weighted by Crippen LogP contribution is -2.36. The highest BCUT2D eigenvalue weighted by atomic mass is 35.5. The van der Waals surface area contributed by atoms with E-state index in [0.29, 0.717) is 41.1 Å². The normalized spacial score (nSPS) is 15.1. The zero-order valence-electron chi connectivity index (χ0n) is 16.8. The van der Waals surface area contributed by atoms with E-state index in [1.54, 1.807) is 31.2 Å². The third-order valence-electron chi connectivity index (χ3n) is 5.25. The van der Waals surface area contributed by atoms with Gasteiger partial charge in [-0.25, -0.2) is 8.42 Å². The fraction of sp³-hybridized carbons (Fsp3) is 0.286. The molecule has 1 aliphatic heterocycles. The zero-order valence-corrected chi connectivity index (χ0v) is 18.4. The van der Waals surface area contributed by atoms with Crippen LogP contribution in [0.1, 0.15) is 31.6 Å². The van der Waals surface area contributed by atoms with Crippen LogP contribution in [0.25, 0.3) is 11.4 Å². The van der Waals surface area contributed by atoms with E-state index in [1.165, 1.54) is 24.3 Å². The summed E-state index contributed by atoms with van der Waals surface area (Å²) in [5.41, 5.74) is 1.13. The third kappa shape index (κ3) is 4.88. The number of nitrogens with one attached hydrogen (secondary N) is 1. The number of benzene rings is 2. The Morgan fingerprint density at radius 2 is 1.74 bits per heavy atom. The van der Waals surface area contributed by atoms with Gasteiger partial charge in [0.1, 0.15) is 0 Å². The standard InChI is InChI=1S/C21H21ClN4O4S/c1-14(27)26-12-10-16(11-13-26)21-23-20(24-30-21)15-2-6-18(7-3-15)25-31(28,29)19-8-4-17(22)5-9-19/h2-9,16,25H,10-13H2,1H3. The molecule has 1 aliphatic rings. The molecule has 0 bridgehead atoms. The predicted molar refractivity (Wildman–Crippen MR) is 116 cm³/mol. The highest BCUT2D eigenvalue weighted by Crippen LogP contribution is 2.29. The monoisotopic (exact) mass is 460 g/mol. The molecule has 1 N–H and O–H groups in total. The number of rotatable bonds is 5. The predicted octanol–water partition coefficient (Wildman–Crippen LogP) is 3.92. The van der Waals surface area contributed by atoms with Crippen molar-refractivity contribution < 1.29 is 17.7 Å². The highest BCUT2D eigenvalue weighted by Gasteiger charge is 2.26. The number of carbonyl (C=O) groups excluding carboxylic acids is 1. The van der Waals surface area contributed by atoms with Crippen molar-refractivity contribution in [3.63, 3.8) is 0 Å². The van der Waals surface area contributed by atoms with E-state index in [2.05, 4.69) is 14.9 Å². The lowest BCUT2D eigenvalue weighted by Gasteiger charge is -2.29. The molecule has 2 heterocycles. The number of anilines is 1. The Hall–Kier alpha value is -2.91. The van der Waals surface area contributed by atoms with E-state index >= 15 is 0 Å². The molecule has 10 heteroatoms. The van der Waals surface area contributed by atoms with Gasteiger partial charge in [0, 0.05) is 42.2 Å². The number of sulfonamides is 1. The molecule has 0 spiro atoms. The van der Waals surface area contributed by atoms with Crippen LogP contribution < -0.4 is 4.72 Å². The van der Waals surface area contributed by atoms with E-state index in [-0.39, 0.29) is 16.7 Å². The maximum absolute atomic E-state index is 12.5. The molecule has 0 unspecified atom stereocenters. The summed E-state index contributed by atoms with van der Waals surface area (Å²) in [7, 11) is -3.72. The summed E-state index contributed by atoms with van der Waals surface area (Å²) in [5.74, 6) is 1.21. The number of hydrogen-bond acceptors (Lipinski definition) is 6. The molecular weight excluding hydrogens is 440 g/mol. The van der Waals surface area contributed by atoms with E-state index in [9.17, 15) is 13.2 Å². The molecule has 0 saturated carbocycles. The molecule has 0 radical (unpaired) electrons. The smallest absolute Gasteiger partial charge is 0.261 e. The summed E-state index contributed by atoms with van der Waals surface area (Å²) in [6, 6.07) is 12.7. The van der Waals surface area contributed by atoms with Gasteiger partial charge < -0.3 is 9.42 Å². The van der Waals surface area contributed by atoms with Crippen molar-refractivity contribution in [3.05, 3.63) is 59.4 Å². The molecule has 0 atom stereocenters. The Balaban J connectivity index is 1.43. The summed E-state index contributed by atoms with van der Waals surface area (Å²) >= 11 is 5.82. The van der Waals surface area contributed by atoms with Crippen molar-refractivity contribution in [3.8, 4) is 11.4 Å². The number of aromatic nitrogens is 2. The molecule has 2 aromatic carbocycles. The number of carbonyl (C=O) groups is 1. The van der Waals surface area contributed by atoms with Gasteiger partial charge in [-0.1, -0.05) is 16.8 Å². The number of halogens is 1. The summed E-state index contributed by atoms with van der Waals surface area (Å²) < 4.78 is 33.0. The average Bonchev–Trinajstić information content (AvgIpc) is 3.25. The van der Waals surface area contributed by atoms with Crippen LogP contribution in [0, 0.1) is 0 Å². The third-order valence-corrected chi connectivity index (χ3v) is 6.90. The Bertz CT molecular complexity index is 1170. The van der Waals surface area contributed by atoms with Crippen molar-refractivity contribution in [2.24, 2.45) is 0 Å². The second kappa shape index (κ2) is 8.68. The van der Waals surface area contributed by atoms with Crippen molar-refractivity contribution in [1.82, 2.24) is 15.0 Å². The quantitative estimate of drug-likeness (QED) is 0.618. The minimum atomic E-state index is -3.72. The van der Waals surface area contributed by atoms with Gasteiger partial charge in [-0.2, -0.15) is 4.98 Å². The minimum absolute atomic E-state index is 0.0800. The zero-order chi connectivity index (χ0) is 22.0. The average molecular weight is 461 g/mol. The van der Waals surface area contributed by atoms with Crippen molar-refractivity contribution in [2.45, 2.75) is 30.6 Å². The SMILES string of the molecule is CC(=O)N1CCC(c2nc(-c3ccc(NS(=O)(=O)c4ccc(Cl)cc4)cc3)no2)CC1. The number of amides is 1. The van der Waals surface area contributed by atoms with Gasteiger partial charge in [-0.05, 0) is 61.4 Å². The van der Waals surface area contributed by atoms with Gasteiger partial charge >= 0.3 is 0 Å². The van der Waals surface area contributed by atoms with Crippen LogP contribution in [0.2, 0.25) is 5.02 Å². The lowest BCUT2D eigenvalue weighted by atomic mass is 9.97. The molecule has 4 rings (SSSR count). The highest BCUT2D eigenvalue weighted by molar-refractivity contribution is 7.92. The Labute approximate surface area is 185 Å². The minimum Gasteiger partial charge on any atom is -0.343 e. The molecule has 1 aromatic heterocycles. The number of hydrogen-bond donors (Lipinski definition) is 1. The molecule has 1 amide bonds. The topological polar surface area (TPSA) is 105 Å². The van der Waals surface area contributed by atoms with Crippen molar-refractivity contribution >= 4 is 33.2 Å². The molecule has 0 aliphatic carbocycles. The van der Waals surface area contributed by atoms with E-state index in [4.69, 9.17) is 16.1 Å². The first kappa shape index (κ1) is 21.3. The first-order valence-corrected chi connectivity index (χ1v) is 11.7. The first-order chi connectivity index (χ1) is 14.8. The summed E-state index contributed by atoms with van der Waals surface area (Å²) in [6.45, 7) is 2.94. The molecule has 1 saturated heterocycles. The maximum Gasteiger partial charge on any atom is 0.261 e. The van der Waals surface area contributed by atoms with Crippen LogP contribution in [0.3, 0.4) is 0 Å². The second-order valence-electron chi connectivity index (χ2n) is 7.37. The largest absolute Gasteiger partial charge is 0.343 e. The van der Waals surface area contributed by atoms with Gasteiger partial charge in [0.15, 0.2) is 0 Å². The van der Waals surface area contributed by atoms with Crippen LogP contribution in [0.4, 0.5) is 5.69 Å². The molecule has 162 valence electrons. The number of likely N-dealkylation sites (tertiary alicyclic amines) is 1. The first-order valence-electron chi connectivity index (χ1n) is 9.80. The van der Waals surface area contributed by atoms with Gasteiger partial charge in [0.2, 0.25) is 17.6 Å². The molecular formula is C21H21ClN4O4S. The molecule has 1 fully saturated rings. The van der Waals surface area contributed by atoms with Crippen molar-refractivity contribution in [2.75, 3.05) is 17.8 Å². The fourth-order valence-corrected chi connectivity index (χ4v) is 4.66. The van der Waals surface area contributed by atoms with Gasteiger partial charge in [-0.15, -0.1) is 0 Å². The van der Waals surface area contributed by atoms with Gasteiger partial charge in [0.25, 0.3) is 10.0 Å².